The Hall–Kier alpha value is -1.31. The zero-order chi connectivity index (χ0) is 12.7. The van der Waals surface area contributed by atoms with Crippen molar-refractivity contribution in [3.8, 4) is 0 Å². The van der Waals surface area contributed by atoms with Crippen LogP contribution in [0.4, 0.5) is 0 Å². The smallest absolute Gasteiger partial charge is 0.338 e. The third kappa shape index (κ3) is 3.88. The van der Waals surface area contributed by atoms with Gasteiger partial charge in [-0.25, -0.2) is 4.79 Å². The number of carbonyl (C=O) groups excluding carboxylic acids is 1. The molecular weight excluding hydrogens is 212 g/mol. The van der Waals surface area contributed by atoms with Gasteiger partial charge in [0.1, 0.15) is 0 Å². The van der Waals surface area contributed by atoms with Crippen LogP contribution in [-0.2, 0) is 4.74 Å². The van der Waals surface area contributed by atoms with Crippen LogP contribution in [0.25, 0.3) is 0 Å². The van der Waals surface area contributed by atoms with E-state index in [1.807, 2.05) is 24.3 Å². The number of benzene rings is 1. The quantitative estimate of drug-likeness (QED) is 0.546. The minimum atomic E-state index is -0.233. The molecule has 1 unspecified atom stereocenters. The number of hydrogen-bond donors (Lipinski definition) is 0. The first-order valence-electron chi connectivity index (χ1n) is 6.38. The molecule has 1 atom stereocenters. The van der Waals surface area contributed by atoms with E-state index in [1.165, 1.54) is 26.4 Å². The Morgan fingerprint density at radius 1 is 1.29 bits per heavy atom. The highest BCUT2D eigenvalue weighted by atomic mass is 16.5. The van der Waals surface area contributed by atoms with Gasteiger partial charge in [-0.05, 0) is 24.0 Å². The summed E-state index contributed by atoms with van der Waals surface area (Å²) in [4.78, 5) is 11.6. The molecule has 0 saturated carbocycles. The highest BCUT2D eigenvalue weighted by Gasteiger charge is 2.15. The van der Waals surface area contributed by atoms with Crippen LogP contribution in [-0.4, -0.2) is 13.1 Å². The molecule has 0 aliphatic rings. The number of rotatable bonds is 6. The molecular formula is C15H22O2. The van der Waals surface area contributed by atoms with Crippen molar-refractivity contribution in [2.24, 2.45) is 0 Å². The summed E-state index contributed by atoms with van der Waals surface area (Å²) in [5.74, 6) is 0.180. The zero-order valence-electron chi connectivity index (χ0n) is 11.0. The van der Waals surface area contributed by atoms with Crippen LogP contribution in [0.3, 0.4) is 0 Å². The fourth-order valence-electron chi connectivity index (χ4n) is 2.08. The topological polar surface area (TPSA) is 26.3 Å². The second-order valence-corrected chi connectivity index (χ2v) is 4.48. The van der Waals surface area contributed by atoms with Gasteiger partial charge >= 0.3 is 5.97 Å². The Morgan fingerprint density at radius 2 is 2.00 bits per heavy atom. The minimum Gasteiger partial charge on any atom is -0.465 e. The lowest BCUT2D eigenvalue weighted by Crippen LogP contribution is -2.07. The zero-order valence-corrected chi connectivity index (χ0v) is 11.0. The highest BCUT2D eigenvalue weighted by molar-refractivity contribution is 5.91. The monoisotopic (exact) mass is 234 g/mol. The van der Waals surface area contributed by atoms with Crippen molar-refractivity contribution in [2.75, 3.05) is 7.11 Å². The molecule has 0 spiro atoms. The largest absolute Gasteiger partial charge is 0.465 e. The van der Waals surface area contributed by atoms with Gasteiger partial charge < -0.3 is 4.74 Å². The first-order chi connectivity index (χ1) is 8.20. The molecule has 94 valence electrons. The number of unbranched alkanes of at least 4 members (excludes halogenated alkanes) is 2. The number of hydrogen-bond acceptors (Lipinski definition) is 2. The molecule has 0 heterocycles. The Labute approximate surface area is 104 Å². The van der Waals surface area contributed by atoms with E-state index in [1.54, 1.807) is 0 Å². The van der Waals surface area contributed by atoms with Crippen molar-refractivity contribution in [3.05, 3.63) is 35.4 Å². The van der Waals surface area contributed by atoms with Crippen molar-refractivity contribution >= 4 is 5.97 Å². The van der Waals surface area contributed by atoms with Crippen molar-refractivity contribution in [1.29, 1.82) is 0 Å². The van der Waals surface area contributed by atoms with E-state index in [0.717, 1.165) is 12.0 Å². The summed E-state index contributed by atoms with van der Waals surface area (Å²) < 4.78 is 4.81. The van der Waals surface area contributed by atoms with E-state index in [2.05, 4.69) is 13.8 Å². The Bertz CT molecular complexity index is 358. The van der Waals surface area contributed by atoms with Crippen molar-refractivity contribution in [2.45, 2.75) is 45.4 Å². The molecule has 1 aromatic carbocycles. The molecule has 17 heavy (non-hydrogen) atoms. The van der Waals surface area contributed by atoms with E-state index >= 15 is 0 Å². The number of methoxy groups -OCH3 is 1. The fourth-order valence-corrected chi connectivity index (χ4v) is 2.08. The van der Waals surface area contributed by atoms with Crippen molar-refractivity contribution in [3.63, 3.8) is 0 Å². The van der Waals surface area contributed by atoms with E-state index in [9.17, 15) is 4.79 Å². The van der Waals surface area contributed by atoms with Crippen molar-refractivity contribution < 1.29 is 9.53 Å². The molecule has 0 saturated heterocycles. The van der Waals surface area contributed by atoms with Gasteiger partial charge in [-0.1, -0.05) is 51.3 Å². The molecule has 0 aliphatic heterocycles. The summed E-state index contributed by atoms with van der Waals surface area (Å²) in [5.41, 5.74) is 1.81. The minimum absolute atomic E-state index is 0.233. The number of ether oxygens (including phenoxy) is 1. The first kappa shape index (κ1) is 13.8. The molecule has 0 N–H and O–H groups in total. The predicted octanol–water partition coefficient (Wildman–Crippen LogP) is 4.16. The van der Waals surface area contributed by atoms with Crippen molar-refractivity contribution in [1.82, 2.24) is 0 Å². The molecule has 0 amide bonds. The third-order valence-electron chi connectivity index (χ3n) is 3.14. The van der Waals surface area contributed by atoms with E-state index in [-0.39, 0.29) is 5.97 Å². The Kier molecular flexibility index (Phi) is 5.75. The van der Waals surface area contributed by atoms with Gasteiger partial charge in [0.05, 0.1) is 12.7 Å². The average Bonchev–Trinajstić information content (AvgIpc) is 2.38. The molecule has 2 nitrogen and oxygen atoms in total. The summed E-state index contributed by atoms with van der Waals surface area (Å²) in [7, 11) is 1.43. The van der Waals surface area contributed by atoms with Gasteiger partial charge in [0.2, 0.25) is 0 Å². The van der Waals surface area contributed by atoms with Gasteiger partial charge in [0.15, 0.2) is 0 Å². The number of esters is 1. The van der Waals surface area contributed by atoms with E-state index in [0.29, 0.717) is 11.5 Å². The van der Waals surface area contributed by atoms with Gasteiger partial charge in [-0.2, -0.15) is 0 Å². The maximum Gasteiger partial charge on any atom is 0.338 e. The van der Waals surface area contributed by atoms with Crippen LogP contribution in [0, 0.1) is 0 Å². The van der Waals surface area contributed by atoms with Gasteiger partial charge in [-0.3, -0.25) is 0 Å². The molecule has 0 radical (unpaired) electrons. The van der Waals surface area contributed by atoms with Crippen LogP contribution in [0.1, 0.15) is 61.4 Å². The lowest BCUT2D eigenvalue weighted by molar-refractivity contribution is 0.0599. The van der Waals surface area contributed by atoms with E-state index in [4.69, 9.17) is 4.74 Å². The molecule has 0 fully saturated rings. The van der Waals surface area contributed by atoms with Gasteiger partial charge in [0, 0.05) is 0 Å². The second kappa shape index (κ2) is 7.10. The van der Waals surface area contributed by atoms with Crippen LogP contribution in [0.15, 0.2) is 24.3 Å². The standard InChI is InChI=1S/C15H22O2/c1-4-5-6-9-12(2)13-10-7-8-11-14(13)15(16)17-3/h7-8,10-12H,4-6,9H2,1-3H3. The molecule has 1 rings (SSSR count). The lowest BCUT2D eigenvalue weighted by atomic mass is 9.91. The lowest BCUT2D eigenvalue weighted by Gasteiger charge is -2.15. The summed E-state index contributed by atoms with van der Waals surface area (Å²) in [5, 5.41) is 0. The molecule has 1 aromatic rings. The van der Waals surface area contributed by atoms with E-state index < -0.39 is 0 Å². The molecule has 0 aromatic heterocycles. The Balaban J connectivity index is 2.78. The van der Waals surface area contributed by atoms with Crippen LogP contribution in [0.2, 0.25) is 0 Å². The summed E-state index contributed by atoms with van der Waals surface area (Å²) >= 11 is 0. The summed E-state index contributed by atoms with van der Waals surface area (Å²) in [6.45, 7) is 4.38. The Morgan fingerprint density at radius 3 is 2.65 bits per heavy atom. The maximum absolute atomic E-state index is 11.6. The van der Waals surface area contributed by atoms with Gasteiger partial charge in [0.25, 0.3) is 0 Å². The summed E-state index contributed by atoms with van der Waals surface area (Å²) in [6, 6.07) is 7.74. The summed E-state index contributed by atoms with van der Waals surface area (Å²) in [6.07, 6.45) is 4.82. The van der Waals surface area contributed by atoms with Crippen LogP contribution in [0.5, 0.6) is 0 Å². The normalized spacial score (nSPS) is 12.2. The molecule has 0 bridgehead atoms. The average molecular weight is 234 g/mol. The second-order valence-electron chi connectivity index (χ2n) is 4.48. The molecule has 0 aliphatic carbocycles. The van der Waals surface area contributed by atoms with Crippen LogP contribution >= 0.6 is 0 Å². The highest BCUT2D eigenvalue weighted by Crippen LogP contribution is 2.25. The number of carbonyl (C=O) groups is 1. The fraction of sp³-hybridized carbons (Fsp3) is 0.533. The first-order valence-corrected chi connectivity index (χ1v) is 6.38. The maximum atomic E-state index is 11.6. The van der Waals surface area contributed by atoms with Gasteiger partial charge in [-0.15, -0.1) is 0 Å². The predicted molar refractivity (Wildman–Crippen MR) is 70.3 cm³/mol. The third-order valence-corrected chi connectivity index (χ3v) is 3.14. The molecule has 2 heteroatoms. The SMILES string of the molecule is CCCCCC(C)c1ccccc1C(=O)OC. The van der Waals surface area contributed by atoms with Crippen LogP contribution < -0.4 is 0 Å².